The fourth-order valence-corrected chi connectivity index (χ4v) is 2.83. The number of carbonyl (C=O) groups is 2. The third kappa shape index (κ3) is 4.18. The standard InChI is InChI=1S/C23H23N3O4/c1-14(2)23(4,13-24)26-21(27)15(3)30-22(28)17-12-19(20-10-7-11-29-20)25-18-9-6-5-8-16(17)18/h5-12,14-15H,1-4H3,(H,26,27)/t15-,23+/m1/s1. The highest BCUT2D eigenvalue weighted by Crippen LogP contribution is 2.26. The Morgan fingerprint density at radius 2 is 1.93 bits per heavy atom. The van der Waals surface area contributed by atoms with Gasteiger partial charge in [-0.2, -0.15) is 5.26 Å². The topological polar surface area (TPSA) is 105 Å². The van der Waals surface area contributed by atoms with E-state index in [2.05, 4.69) is 16.4 Å². The van der Waals surface area contributed by atoms with Crippen LogP contribution in [-0.4, -0.2) is 28.5 Å². The Balaban J connectivity index is 1.88. The average Bonchev–Trinajstić information content (AvgIpc) is 3.27. The summed E-state index contributed by atoms with van der Waals surface area (Å²) >= 11 is 0. The van der Waals surface area contributed by atoms with Gasteiger partial charge in [-0.25, -0.2) is 9.78 Å². The van der Waals surface area contributed by atoms with Crippen molar-refractivity contribution in [3.8, 4) is 17.5 Å². The fourth-order valence-electron chi connectivity index (χ4n) is 2.83. The number of hydrogen-bond acceptors (Lipinski definition) is 6. The van der Waals surface area contributed by atoms with E-state index in [1.807, 2.05) is 19.9 Å². The molecule has 0 aliphatic carbocycles. The summed E-state index contributed by atoms with van der Waals surface area (Å²) in [5.74, 6) is -0.797. The maximum absolute atomic E-state index is 12.9. The van der Waals surface area contributed by atoms with E-state index >= 15 is 0 Å². The van der Waals surface area contributed by atoms with Gasteiger partial charge in [0.2, 0.25) is 0 Å². The summed E-state index contributed by atoms with van der Waals surface area (Å²) < 4.78 is 10.8. The van der Waals surface area contributed by atoms with E-state index in [1.54, 1.807) is 43.3 Å². The number of amides is 1. The lowest BCUT2D eigenvalue weighted by molar-refractivity contribution is -0.130. The molecule has 0 bridgehead atoms. The number of nitriles is 1. The van der Waals surface area contributed by atoms with Crippen LogP contribution in [0.3, 0.4) is 0 Å². The molecule has 0 spiro atoms. The molecule has 0 radical (unpaired) electrons. The molecule has 2 atom stereocenters. The van der Waals surface area contributed by atoms with E-state index in [4.69, 9.17) is 9.15 Å². The number of ether oxygens (including phenoxy) is 1. The van der Waals surface area contributed by atoms with Crippen LogP contribution in [0.1, 0.15) is 38.1 Å². The van der Waals surface area contributed by atoms with Gasteiger partial charge in [0.15, 0.2) is 11.9 Å². The van der Waals surface area contributed by atoms with Crippen LogP contribution in [0.2, 0.25) is 0 Å². The predicted octanol–water partition coefficient (Wildman–Crippen LogP) is 4.09. The zero-order chi connectivity index (χ0) is 21.9. The molecular formula is C23H23N3O4. The SMILES string of the molecule is CC(C)[C@](C)(C#N)NC(=O)[C@@H](C)OC(=O)c1cc(-c2ccco2)nc2ccccc12. The molecular weight excluding hydrogens is 382 g/mol. The third-order valence-electron chi connectivity index (χ3n) is 5.13. The van der Waals surface area contributed by atoms with Gasteiger partial charge in [-0.15, -0.1) is 0 Å². The van der Waals surface area contributed by atoms with Gasteiger partial charge in [0, 0.05) is 5.39 Å². The van der Waals surface area contributed by atoms with Crippen LogP contribution in [0.5, 0.6) is 0 Å². The minimum atomic E-state index is -1.08. The summed E-state index contributed by atoms with van der Waals surface area (Å²) in [5.41, 5.74) is 0.304. The summed E-state index contributed by atoms with van der Waals surface area (Å²) in [6, 6.07) is 14.3. The molecule has 1 amide bonds. The van der Waals surface area contributed by atoms with Crippen LogP contribution >= 0.6 is 0 Å². The van der Waals surface area contributed by atoms with E-state index in [0.717, 1.165) is 0 Å². The second-order valence-corrected chi connectivity index (χ2v) is 7.56. The molecule has 0 saturated heterocycles. The molecule has 7 heteroatoms. The second-order valence-electron chi connectivity index (χ2n) is 7.56. The van der Waals surface area contributed by atoms with Crippen LogP contribution in [0.4, 0.5) is 0 Å². The quantitative estimate of drug-likeness (QED) is 0.619. The molecule has 2 heterocycles. The van der Waals surface area contributed by atoms with E-state index in [-0.39, 0.29) is 11.5 Å². The van der Waals surface area contributed by atoms with Crippen molar-refractivity contribution in [1.82, 2.24) is 10.3 Å². The van der Waals surface area contributed by atoms with Crippen LogP contribution in [0, 0.1) is 17.2 Å². The predicted molar refractivity (Wildman–Crippen MR) is 111 cm³/mol. The maximum atomic E-state index is 12.9. The lowest BCUT2D eigenvalue weighted by Crippen LogP contribution is -2.52. The number of aromatic nitrogens is 1. The van der Waals surface area contributed by atoms with Gasteiger partial charge in [-0.1, -0.05) is 32.0 Å². The molecule has 0 unspecified atom stereocenters. The summed E-state index contributed by atoms with van der Waals surface area (Å²) in [4.78, 5) is 30.0. The number of nitrogens with zero attached hydrogens (tertiary/aromatic N) is 2. The number of esters is 1. The maximum Gasteiger partial charge on any atom is 0.339 e. The first kappa shape index (κ1) is 21.1. The van der Waals surface area contributed by atoms with E-state index < -0.39 is 23.5 Å². The summed E-state index contributed by atoms with van der Waals surface area (Å²) in [5, 5.41) is 12.7. The van der Waals surface area contributed by atoms with Crippen molar-refractivity contribution >= 4 is 22.8 Å². The summed E-state index contributed by atoms with van der Waals surface area (Å²) in [6.07, 6.45) is 0.445. The molecule has 154 valence electrons. The molecule has 2 aromatic heterocycles. The van der Waals surface area contributed by atoms with Gasteiger partial charge in [0.05, 0.1) is 23.4 Å². The molecule has 1 aromatic carbocycles. The highest BCUT2D eigenvalue weighted by molar-refractivity contribution is 6.05. The first-order valence-corrected chi connectivity index (χ1v) is 9.63. The molecule has 3 rings (SSSR count). The van der Waals surface area contributed by atoms with Crippen LogP contribution in [0.25, 0.3) is 22.4 Å². The molecule has 3 aromatic rings. The molecule has 0 fully saturated rings. The lowest BCUT2D eigenvalue weighted by Gasteiger charge is -2.28. The third-order valence-corrected chi connectivity index (χ3v) is 5.13. The Kier molecular flexibility index (Phi) is 5.88. The number of hydrogen-bond donors (Lipinski definition) is 1. The average molecular weight is 405 g/mol. The van der Waals surface area contributed by atoms with E-state index in [9.17, 15) is 14.9 Å². The number of carbonyl (C=O) groups excluding carboxylic acids is 2. The van der Waals surface area contributed by atoms with Crippen molar-refractivity contribution in [2.45, 2.75) is 39.3 Å². The number of pyridine rings is 1. The van der Waals surface area contributed by atoms with Gasteiger partial charge in [0.1, 0.15) is 11.2 Å². The normalized spacial score (nSPS) is 14.0. The molecule has 0 saturated carbocycles. The number of benzene rings is 1. The van der Waals surface area contributed by atoms with E-state index in [1.165, 1.54) is 13.2 Å². The molecule has 1 N–H and O–H groups in total. The Bertz CT molecular complexity index is 1120. The first-order valence-electron chi connectivity index (χ1n) is 9.63. The Morgan fingerprint density at radius 1 is 1.20 bits per heavy atom. The smallest absolute Gasteiger partial charge is 0.339 e. The largest absolute Gasteiger partial charge is 0.463 e. The van der Waals surface area contributed by atoms with Crippen LogP contribution in [-0.2, 0) is 9.53 Å². The highest BCUT2D eigenvalue weighted by Gasteiger charge is 2.33. The van der Waals surface area contributed by atoms with Gasteiger partial charge in [-0.05, 0) is 44.0 Å². The summed E-state index contributed by atoms with van der Waals surface area (Å²) in [6.45, 7) is 6.77. The molecule has 0 aliphatic heterocycles. The van der Waals surface area contributed by atoms with Crippen molar-refractivity contribution < 1.29 is 18.7 Å². The Morgan fingerprint density at radius 3 is 2.57 bits per heavy atom. The van der Waals surface area contributed by atoms with Crippen molar-refractivity contribution in [1.29, 1.82) is 5.26 Å². The minimum absolute atomic E-state index is 0.116. The number of nitrogens with one attached hydrogen (secondary N) is 1. The zero-order valence-corrected chi connectivity index (χ0v) is 17.3. The minimum Gasteiger partial charge on any atom is -0.463 e. The van der Waals surface area contributed by atoms with Gasteiger partial charge >= 0.3 is 5.97 Å². The molecule has 0 aliphatic rings. The van der Waals surface area contributed by atoms with Gasteiger partial charge < -0.3 is 14.5 Å². The second kappa shape index (κ2) is 8.37. The fraction of sp³-hybridized carbons (Fsp3) is 0.304. The zero-order valence-electron chi connectivity index (χ0n) is 17.3. The summed E-state index contributed by atoms with van der Waals surface area (Å²) in [7, 11) is 0. The molecule has 7 nitrogen and oxygen atoms in total. The first-order chi connectivity index (χ1) is 14.2. The van der Waals surface area contributed by atoms with Crippen molar-refractivity contribution in [3.63, 3.8) is 0 Å². The number of para-hydroxylation sites is 1. The van der Waals surface area contributed by atoms with Gasteiger partial charge in [0.25, 0.3) is 5.91 Å². The Hall–Kier alpha value is -3.66. The van der Waals surface area contributed by atoms with Crippen LogP contribution < -0.4 is 5.32 Å². The van der Waals surface area contributed by atoms with Gasteiger partial charge in [-0.3, -0.25) is 4.79 Å². The van der Waals surface area contributed by atoms with Crippen molar-refractivity contribution in [2.75, 3.05) is 0 Å². The van der Waals surface area contributed by atoms with E-state index in [0.29, 0.717) is 22.4 Å². The number of rotatable bonds is 6. The van der Waals surface area contributed by atoms with Crippen molar-refractivity contribution in [2.24, 2.45) is 5.92 Å². The number of furan rings is 1. The molecule has 30 heavy (non-hydrogen) atoms. The van der Waals surface area contributed by atoms with Crippen molar-refractivity contribution in [3.05, 3.63) is 54.3 Å². The highest BCUT2D eigenvalue weighted by atomic mass is 16.5. The lowest BCUT2D eigenvalue weighted by atomic mass is 9.90. The van der Waals surface area contributed by atoms with Crippen LogP contribution in [0.15, 0.2) is 53.1 Å². The monoisotopic (exact) mass is 405 g/mol. The number of fused-ring (bicyclic) bond motifs is 1. The Labute approximate surface area is 174 Å².